The van der Waals surface area contributed by atoms with Crippen molar-refractivity contribution in [2.45, 2.75) is 44.8 Å². The van der Waals surface area contributed by atoms with E-state index in [2.05, 4.69) is 23.5 Å². The summed E-state index contributed by atoms with van der Waals surface area (Å²) in [4.78, 5) is 12.7. The lowest BCUT2D eigenvalue weighted by molar-refractivity contribution is -0.129. The third-order valence-corrected chi connectivity index (χ3v) is 4.77. The number of hydrogen-bond donors (Lipinski definition) is 1. The first-order chi connectivity index (χ1) is 11.7. The summed E-state index contributed by atoms with van der Waals surface area (Å²) in [5, 5.41) is 3.68. The van der Waals surface area contributed by atoms with Gasteiger partial charge in [0.25, 0.3) is 5.91 Å². The highest BCUT2D eigenvalue weighted by Gasteiger charge is 2.26. The maximum atomic E-state index is 12.7. The molecule has 4 heteroatoms. The average molecular weight is 344 g/mol. The van der Waals surface area contributed by atoms with Crippen LogP contribution in [0, 0.1) is 0 Å². The van der Waals surface area contributed by atoms with Crippen LogP contribution in [0.3, 0.4) is 0 Å². The van der Waals surface area contributed by atoms with Crippen molar-refractivity contribution < 1.29 is 9.53 Å². The fraction of sp³-hybridized carbons (Fsp3) is 0.350. The van der Waals surface area contributed by atoms with Gasteiger partial charge in [0.1, 0.15) is 5.75 Å². The SMILES string of the molecule is CCC(Oc1ccccc1Cl)C(=O)NC1CCCc2ccccc21. The van der Waals surface area contributed by atoms with Crippen molar-refractivity contribution in [3.63, 3.8) is 0 Å². The monoisotopic (exact) mass is 343 g/mol. The van der Waals surface area contributed by atoms with Crippen LogP contribution in [0.25, 0.3) is 0 Å². The number of benzene rings is 2. The Morgan fingerprint density at radius 3 is 2.79 bits per heavy atom. The van der Waals surface area contributed by atoms with Crippen molar-refractivity contribution in [1.82, 2.24) is 5.32 Å². The average Bonchev–Trinajstić information content (AvgIpc) is 2.61. The van der Waals surface area contributed by atoms with E-state index in [1.165, 1.54) is 11.1 Å². The van der Waals surface area contributed by atoms with Gasteiger partial charge in [0.15, 0.2) is 6.10 Å². The zero-order valence-corrected chi connectivity index (χ0v) is 14.6. The number of carbonyl (C=O) groups excluding carboxylic acids is 1. The van der Waals surface area contributed by atoms with Gasteiger partial charge >= 0.3 is 0 Å². The molecule has 0 radical (unpaired) electrons. The summed E-state index contributed by atoms with van der Waals surface area (Å²) in [7, 11) is 0. The Balaban J connectivity index is 1.71. The summed E-state index contributed by atoms with van der Waals surface area (Å²) in [5.41, 5.74) is 2.55. The molecule has 1 amide bonds. The van der Waals surface area contributed by atoms with Crippen LogP contribution in [-0.4, -0.2) is 12.0 Å². The Kier molecular flexibility index (Phi) is 5.41. The molecule has 3 nitrogen and oxygen atoms in total. The van der Waals surface area contributed by atoms with E-state index < -0.39 is 6.10 Å². The number of rotatable bonds is 5. The Morgan fingerprint density at radius 1 is 1.25 bits per heavy atom. The number of halogens is 1. The molecule has 1 N–H and O–H groups in total. The third-order valence-electron chi connectivity index (χ3n) is 4.46. The molecule has 0 saturated heterocycles. The van der Waals surface area contributed by atoms with Gasteiger partial charge in [-0.1, -0.05) is 54.9 Å². The Morgan fingerprint density at radius 2 is 2.00 bits per heavy atom. The highest BCUT2D eigenvalue weighted by Crippen LogP contribution is 2.30. The van der Waals surface area contributed by atoms with Crippen LogP contribution in [-0.2, 0) is 11.2 Å². The lowest BCUT2D eigenvalue weighted by Crippen LogP contribution is -2.41. The first-order valence-electron chi connectivity index (χ1n) is 8.48. The summed E-state index contributed by atoms with van der Waals surface area (Å²) < 4.78 is 5.84. The van der Waals surface area contributed by atoms with Gasteiger partial charge in [-0.2, -0.15) is 0 Å². The number of para-hydroxylation sites is 1. The van der Waals surface area contributed by atoms with Gasteiger partial charge in [0.2, 0.25) is 0 Å². The highest BCUT2D eigenvalue weighted by atomic mass is 35.5. The first kappa shape index (κ1) is 16.8. The molecule has 1 aliphatic carbocycles. The molecule has 0 bridgehead atoms. The molecular formula is C20H22ClNO2. The van der Waals surface area contributed by atoms with Gasteiger partial charge in [-0.25, -0.2) is 0 Å². The number of hydrogen-bond acceptors (Lipinski definition) is 2. The first-order valence-corrected chi connectivity index (χ1v) is 8.86. The Hall–Kier alpha value is -2.00. The minimum absolute atomic E-state index is 0.0614. The Labute approximate surface area is 148 Å². The molecule has 0 aromatic heterocycles. The van der Waals surface area contributed by atoms with E-state index in [9.17, 15) is 4.79 Å². The van der Waals surface area contributed by atoms with Crippen molar-refractivity contribution in [2.24, 2.45) is 0 Å². The second-order valence-corrected chi connectivity index (χ2v) is 6.50. The number of amides is 1. The lowest BCUT2D eigenvalue weighted by Gasteiger charge is -2.28. The number of ether oxygens (including phenoxy) is 1. The molecular weight excluding hydrogens is 322 g/mol. The van der Waals surface area contributed by atoms with Crippen LogP contribution in [0.15, 0.2) is 48.5 Å². The van der Waals surface area contributed by atoms with Crippen LogP contribution in [0.4, 0.5) is 0 Å². The molecule has 126 valence electrons. The van der Waals surface area contributed by atoms with Crippen molar-refractivity contribution in [3.05, 3.63) is 64.7 Å². The van der Waals surface area contributed by atoms with Crippen molar-refractivity contribution in [3.8, 4) is 5.75 Å². The molecule has 3 rings (SSSR count). The second-order valence-electron chi connectivity index (χ2n) is 6.10. The molecule has 2 unspecified atom stereocenters. The molecule has 0 aliphatic heterocycles. The van der Waals surface area contributed by atoms with Crippen LogP contribution in [0.2, 0.25) is 5.02 Å². The zero-order valence-electron chi connectivity index (χ0n) is 13.8. The molecule has 2 aromatic carbocycles. The minimum atomic E-state index is -0.543. The molecule has 0 spiro atoms. The molecule has 24 heavy (non-hydrogen) atoms. The largest absolute Gasteiger partial charge is 0.479 e. The van der Waals surface area contributed by atoms with Gasteiger partial charge in [-0.3, -0.25) is 4.79 Å². The van der Waals surface area contributed by atoms with Gasteiger partial charge in [0.05, 0.1) is 11.1 Å². The summed E-state index contributed by atoms with van der Waals surface area (Å²) in [6.45, 7) is 1.94. The second kappa shape index (κ2) is 7.71. The molecule has 2 aromatic rings. The molecule has 1 aliphatic rings. The number of carbonyl (C=O) groups is 1. The van der Waals surface area contributed by atoms with E-state index in [0.29, 0.717) is 17.2 Å². The highest BCUT2D eigenvalue weighted by molar-refractivity contribution is 6.32. The van der Waals surface area contributed by atoms with E-state index in [1.54, 1.807) is 12.1 Å². The minimum Gasteiger partial charge on any atom is -0.479 e. The normalized spacial score (nSPS) is 17.7. The van der Waals surface area contributed by atoms with E-state index in [4.69, 9.17) is 16.3 Å². The molecule has 0 heterocycles. The summed E-state index contributed by atoms with van der Waals surface area (Å²) in [6.07, 6.45) is 3.18. The maximum absolute atomic E-state index is 12.7. The molecule has 0 fully saturated rings. The van der Waals surface area contributed by atoms with Crippen LogP contribution in [0.1, 0.15) is 43.4 Å². The number of fused-ring (bicyclic) bond motifs is 1. The predicted octanol–water partition coefficient (Wildman–Crippen LogP) is 4.69. The molecule has 0 saturated carbocycles. The quantitative estimate of drug-likeness (QED) is 0.855. The molecule has 2 atom stereocenters. The van der Waals surface area contributed by atoms with Gasteiger partial charge in [0, 0.05) is 0 Å². The van der Waals surface area contributed by atoms with E-state index in [-0.39, 0.29) is 11.9 Å². The van der Waals surface area contributed by atoms with Gasteiger partial charge < -0.3 is 10.1 Å². The smallest absolute Gasteiger partial charge is 0.261 e. The number of aryl methyl sites for hydroxylation is 1. The van der Waals surface area contributed by atoms with Crippen LogP contribution >= 0.6 is 11.6 Å². The fourth-order valence-electron chi connectivity index (χ4n) is 3.18. The van der Waals surface area contributed by atoms with Crippen LogP contribution < -0.4 is 10.1 Å². The van der Waals surface area contributed by atoms with Crippen molar-refractivity contribution >= 4 is 17.5 Å². The predicted molar refractivity (Wildman–Crippen MR) is 96.4 cm³/mol. The van der Waals surface area contributed by atoms with E-state index in [0.717, 1.165) is 19.3 Å². The van der Waals surface area contributed by atoms with E-state index >= 15 is 0 Å². The summed E-state index contributed by atoms with van der Waals surface area (Å²) in [6, 6.07) is 15.6. The van der Waals surface area contributed by atoms with Gasteiger partial charge in [-0.15, -0.1) is 0 Å². The Bertz CT molecular complexity index is 716. The summed E-state index contributed by atoms with van der Waals surface area (Å²) >= 11 is 6.13. The standard InChI is InChI=1S/C20H22ClNO2/c1-2-18(24-19-13-6-5-11-16(19)21)20(23)22-17-12-7-9-14-8-3-4-10-15(14)17/h3-6,8,10-11,13,17-18H,2,7,9,12H2,1H3,(H,22,23). The third kappa shape index (κ3) is 3.73. The van der Waals surface area contributed by atoms with E-state index in [1.807, 2.05) is 25.1 Å². The fourth-order valence-corrected chi connectivity index (χ4v) is 3.36. The van der Waals surface area contributed by atoms with Crippen LogP contribution in [0.5, 0.6) is 5.75 Å². The van der Waals surface area contributed by atoms with Crippen molar-refractivity contribution in [2.75, 3.05) is 0 Å². The summed E-state index contributed by atoms with van der Waals surface area (Å²) in [5.74, 6) is 0.462. The lowest BCUT2D eigenvalue weighted by atomic mass is 9.87. The topological polar surface area (TPSA) is 38.3 Å². The number of nitrogens with one attached hydrogen (secondary N) is 1. The zero-order chi connectivity index (χ0) is 16.9. The van der Waals surface area contributed by atoms with Crippen molar-refractivity contribution in [1.29, 1.82) is 0 Å². The van der Waals surface area contributed by atoms with Gasteiger partial charge in [-0.05, 0) is 48.9 Å². The maximum Gasteiger partial charge on any atom is 0.261 e.